The molecule has 0 aliphatic carbocycles. The Morgan fingerprint density at radius 2 is 2.03 bits per heavy atom. The van der Waals surface area contributed by atoms with Gasteiger partial charge in [0.05, 0.1) is 7.11 Å². The van der Waals surface area contributed by atoms with Crippen LogP contribution in [0.4, 0.5) is 22.5 Å². The minimum absolute atomic E-state index is 0.163. The first-order valence-corrected chi connectivity index (χ1v) is 12.4. The van der Waals surface area contributed by atoms with Gasteiger partial charge in [-0.05, 0) is 68.3 Å². The highest BCUT2D eigenvalue weighted by molar-refractivity contribution is 7.21. The van der Waals surface area contributed by atoms with Gasteiger partial charge in [0.2, 0.25) is 0 Å². The topological polar surface area (TPSA) is 83.5 Å². The van der Waals surface area contributed by atoms with Crippen LogP contribution in [-0.4, -0.2) is 52.6 Å². The Balaban J connectivity index is 1.31. The van der Waals surface area contributed by atoms with E-state index in [1.165, 1.54) is 24.0 Å². The van der Waals surface area contributed by atoms with E-state index in [4.69, 9.17) is 9.72 Å². The number of methoxy groups -OCH3 is 1. The summed E-state index contributed by atoms with van der Waals surface area (Å²) in [4.78, 5) is 31.1. The van der Waals surface area contributed by atoms with Crippen LogP contribution in [0.3, 0.4) is 0 Å². The van der Waals surface area contributed by atoms with Crippen molar-refractivity contribution in [3.8, 4) is 0 Å². The Morgan fingerprint density at radius 1 is 1.20 bits per heavy atom. The maximum Gasteiger partial charge on any atom is 0.323 e. The van der Waals surface area contributed by atoms with Crippen molar-refractivity contribution in [1.82, 2.24) is 19.9 Å². The number of fused-ring (bicyclic) bond motifs is 1. The van der Waals surface area contributed by atoms with E-state index in [-0.39, 0.29) is 12.0 Å². The molecular weight excluding hydrogens is 460 g/mol. The zero-order chi connectivity index (χ0) is 24.4. The minimum Gasteiger partial charge on any atom is -0.468 e. The molecule has 9 heteroatoms. The number of aromatic nitrogens is 3. The van der Waals surface area contributed by atoms with Gasteiger partial charge in [-0.15, -0.1) is 0 Å². The number of nitrogens with one attached hydrogen (secondary N) is 1. The number of hydrogen-bond donors (Lipinski definition) is 1. The number of pyridine rings is 2. The molecule has 180 valence electrons. The maximum atomic E-state index is 12.1. The van der Waals surface area contributed by atoms with Crippen molar-refractivity contribution in [2.75, 3.05) is 30.9 Å². The number of aryl methyl sites for hydroxylation is 1. The van der Waals surface area contributed by atoms with Gasteiger partial charge in [0.15, 0.2) is 5.13 Å². The van der Waals surface area contributed by atoms with Crippen molar-refractivity contribution in [3.05, 3.63) is 65.9 Å². The van der Waals surface area contributed by atoms with Gasteiger partial charge in [0.1, 0.15) is 28.0 Å². The molecule has 0 bridgehead atoms. The molecule has 1 N–H and O–H groups in total. The molecule has 3 aromatic heterocycles. The standard InChI is InChI=1S/C26H28N6O2S/c1-17-6-8-19(9-7-17)31(2)23-11-10-20-24(30-23)35-26(28-20)29-22-15-18(12-13-27-22)16-32-14-4-5-21(32)25(33)34-3/h6-13,15,21H,4-5,14,16H2,1-3H3,(H,27,28,29). The number of anilines is 4. The predicted molar refractivity (Wildman–Crippen MR) is 140 cm³/mol. The molecule has 1 saturated heterocycles. The van der Waals surface area contributed by atoms with Crippen molar-refractivity contribution < 1.29 is 9.53 Å². The van der Waals surface area contributed by atoms with Crippen LogP contribution in [0.1, 0.15) is 24.0 Å². The van der Waals surface area contributed by atoms with Gasteiger partial charge in [0, 0.05) is 25.5 Å². The number of likely N-dealkylation sites (tertiary alicyclic amines) is 1. The van der Waals surface area contributed by atoms with E-state index in [1.54, 1.807) is 6.20 Å². The third-order valence-electron chi connectivity index (χ3n) is 6.29. The van der Waals surface area contributed by atoms with Crippen LogP contribution < -0.4 is 10.2 Å². The fraction of sp³-hybridized carbons (Fsp3) is 0.308. The first-order valence-electron chi connectivity index (χ1n) is 11.6. The fourth-order valence-corrected chi connectivity index (χ4v) is 5.19. The number of ether oxygens (including phenoxy) is 1. The summed E-state index contributed by atoms with van der Waals surface area (Å²) in [7, 11) is 3.46. The van der Waals surface area contributed by atoms with E-state index in [1.807, 2.05) is 31.3 Å². The summed E-state index contributed by atoms with van der Waals surface area (Å²) in [6.07, 6.45) is 3.61. The lowest BCUT2D eigenvalue weighted by atomic mass is 10.2. The Hall–Kier alpha value is -3.56. The summed E-state index contributed by atoms with van der Waals surface area (Å²) in [5.41, 5.74) is 4.23. The lowest BCUT2D eigenvalue weighted by Gasteiger charge is -2.22. The molecule has 35 heavy (non-hydrogen) atoms. The predicted octanol–water partition coefficient (Wildman–Crippen LogP) is 5.04. The van der Waals surface area contributed by atoms with Crippen LogP contribution >= 0.6 is 11.3 Å². The average molecular weight is 489 g/mol. The number of esters is 1. The van der Waals surface area contributed by atoms with Gasteiger partial charge >= 0.3 is 5.97 Å². The van der Waals surface area contributed by atoms with Crippen LogP contribution in [-0.2, 0) is 16.1 Å². The molecule has 0 saturated carbocycles. The van der Waals surface area contributed by atoms with Crippen LogP contribution in [0.2, 0.25) is 0 Å². The zero-order valence-electron chi connectivity index (χ0n) is 20.1. The third-order valence-corrected chi connectivity index (χ3v) is 7.17. The second-order valence-electron chi connectivity index (χ2n) is 8.73. The second kappa shape index (κ2) is 9.97. The molecule has 1 aromatic carbocycles. The molecule has 0 amide bonds. The highest BCUT2D eigenvalue weighted by Gasteiger charge is 2.31. The molecule has 5 rings (SSSR count). The normalized spacial score (nSPS) is 15.9. The van der Waals surface area contributed by atoms with Crippen molar-refractivity contribution in [2.24, 2.45) is 0 Å². The lowest BCUT2D eigenvalue weighted by Crippen LogP contribution is -2.36. The number of carbonyl (C=O) groups excluding carboxylic acids is 1. The van der Waals surface area contributed by atoms with E-state index in [2.05, 4.69) is 56.3 Å². The molecule has 1 fully saturated rings. The molecule has 1 atom stereocenters. The molecule has 0 radical (unpaired) electrons. The summed E-state index contributed by atoms with van der Waals surface area (Å²) in [6.45, 7) is 3.64. The van der Waals surface area contributed by atoms with Crippen molar-refractivity contribution >= 4 is 50.1 Å². The lowest BCUT2D eigenvalue weighted by molar-refractivity contribution is -0.146. The van der Waals surface area contributed by atoms with Crippen LogP contribution in [0.15, 0.2) is 54.7 Å². The SMILES string of the molecule is COC(=O)C1CCCN1Cc1ccnc(Nc2nc3ccc(N(C)c4ccc(C)cc4)nc3s2)c1. The van der Waals surface area contributed by atoms with Gasteiger partial charge in [-0.1, -0.05) is 29.0 Å². The first-order chi connectivity index (χ1) is 17.0. The molecule has 4 heterocycles. The van der Waals surface area contributed by atoms with E-state index in [0.29, 0.717) is 12.4 Å². The number of carbonyl (C=O) groups is 1. The Kier molecular flexibility index (Phi) is 6.61. The Bertz CT molecular complexity index is 1340. The minimum atomic E-state index is -0.174. The summed E-state index contributed by atoms with van der Waals surface area (Å²) >= 11 is 1.50. The summed E-state index contributed by atoms with van der Waals surface area (Å²) < 4.78 is 4.97. The fourth-order valence-electron chi connectivity index (χ4n) is 4.35. The van der Waals surface area contributed by atoms with Crippen molar-refractivity contribution in [3.63, 3.8) is 0 Å². The number of nitrogens with zero attached hydrogens (tertiary/aromatic N) is 5. The largest absolute Gasteiger partial charge is 0.468 e. The highest BCUT2D eigenvalue weighted by atomic mass is 32.1. The van der Waals surface area contributed by atoms with E-state index >= 15 is 0 Å². The Labute approximate surface area is 208 Å². The number of benzene rings is 1. The van der Waals surface area contributed by atoms with Gasteiger partial charge in [-0.2, -0.15) is 0 Å². The molecule has 4 aromatic rings. The van der Waals surface area contributed by atoms with Crippen LogP contribution in [0.25, 0.3) is 10.3 Å². The number of hydrogen-bond acceptors (Lipinski definition) is 9. The highest BCUT2D eigenvalue weighted by Crippen LogP contribution is 2.30. The van der Waals surface area contributed by atoms with E-state index < -0.39 is 0 Å². The second-order valence-corrected chi connectivity index (χ2v) is 9.71. The van der Waals surface area contributed by atoms with Crippen molar-refractivity contribution in [1.29, 1.82) is 0 Å². The first kappa shape index (κ1) is 23.2. The van der Waals surface area contributed by atoms with Crippen molar-refractivity contribution in [2.45, 2.75) is 32.4 Å². The maximum absolute atomic E-state index is 12.1. The quantitative estimate of drug-likeness (QED) is 0.362. The third kappa shape index (κ3) is 5.11. The molecule has 1 aliphatic heterocycles. The Morgan fingerprint density at radius 3 is 2.83 bits per heavy atom. The van der Waals surface area contributed by atoms with Crippen LogP contribution in [0.5, 0.6) is 0 Å². The zero-order valence-corrected chi connectivity index (χ0v) is 20.9. The smallest absolute Gasteiger partial charge is 0.323 e. The van der Waals surface area contributed by atoms with Gasteiger partial charge in [-0.25, -0.2) is 15.0 Å². The van der Waals surface area contributed by atoms with E-state index in [9.17, 15) is 4.79 Å². The van der Waals surface area contributed by atoms with Crippen LogP contribution in [0, 0.1) is 6.92 Å². The van der Waals surface area contributed by atoms with E-state index in [0.717, 1.165) is 51.9 Å². The van der Waals surface area contributed by atoms with Gasteiger partial charge in [0.25, 0.3) is 0 Å². The monoisotopic (exact) mass is 488 g/mol. The molecule has 1 unspecified atom stereocenters. The van der Waals surface area contributed by atoms with Gasteiger partial charge in [-0.3, -0.25) is 9.69 Å². The van der Waals surface area contributed by atoms with Gasteiger partial charge < -0.3 is 15.0 Å². The number of thiazole rings is 1. The molecule has 1 aliphatic rings. The molecule has 0 spiro atoms. The average Bonchev–Trinajstić information content (AvgIpc) is 3.49. The number of rotatable bonds is 7. The summed E-state index contributed by atoms with van der Waals surface area (Å²) in [5, 5.41) is 4.06. The summed E-state index contributed by atoms with van der Waals surface area (Å²) in [5.74, 6) is 1.42. The summed E-state index contributed by atoms with van der Waals surface area (Å²) in [6, 6.07) is 16.2. The molecular formula is C26H28N6O2S. The molecule has 8 nitrogen and oxygen atoms in total.